The van der Waals surface area contributed by atoms with Gasteiger partial charge in [0.15, 0.2) is 0 Å². The molecule has 0 radical (unpaired) electrons. The summed E-state index contributed by atoms with van der Waals surface area (Å²) >= 11 is 0. The van der Waals surface area contributed by atoms with Crippen LogP contribution < -0.4 is 5.32 Å². The number of hydrogen-bond donors (Lipinski definition) is 2. The highest BCUT2D eigenvalue weighted by molar-refractivity contribution is 6.07. The molecule has 1 heterocycles. The van der Waals surface area contributed by atoms with Crippen LogP contribution in [0.1, 0.15) is 37.8 Å². The van der Waals surface area contributed by atoms with Gasteiger partial charge in [0.1, 0.15) is 11.6 Å². The quantitative estimate of drug-likeness (QED) is 0.604. The first-order valence-electron chi connectivity index (χ1n) is 9.01. The number of carbonyl (C=O) groups is 2. The normalized spacial score (nSPS) is 15.4. The molecule has 0 saturated carbocycles. The zero-order chi connectivity index (χ0) is 19.1. The zero-order valence-electron chi connectivity index (χ0n) is 15.3. The maximum atomic E-state index is 12.6. The van der Waals surface area contributed by atoms with Crippen molar-refractivity contribution in [2.45, 2.75) is 39.5 Å². The minimum absolute atomic E-state index is 0.0340. The number of carboxylic acid groups (broad SMARTS) is 1. The average molecular weight is 355 g/mol. The molecule has 0 aromatic heterocycles. The molecule has 1 amide bonds. The van der Waals surface area contributed by atoms with Crippen molar-refractivity contribution in [2.24, 2.45) is 5.92 Å². The lowest BCUT2D eigenvalue weighted by molar-refractivity contribution is -0.143. The van der Waals surface area contributed by atoms with Crippen LogP contribution in [0.2, 0.25) is 0 Å². The van der Waals surface area contributed by atoms with Crippen LogP contribution in [0.5, 0.6) is 0 Å². The Kier molecular flexibility index (Phi) is 6.79. The molecule has 1 aliphatic rings. The summed E-state index contributed by atoms with van der Waals surface area (Å²) in [6.45, 7) is 5.11. The van der Waals surface area contributed by atoms with Gasteiger partial charge in [-0.05, 0) is 36.8 Å². The van der Waals surface area contributed by atoms with Gasteiger partial charge in [0.2, 0.25) is 0 Å². The minimum atomic E-state index is -0.782. The van der Waals surface area contributed by atoms with Gasteiger partial charge >= 0.3 is 5.97 Å². The SMILES string of the molecule is CCc1cccc(CC)c1NC(=O)/C(C#N)=C\N1CCC(C(=O)O)CC1. The molecule has 6 nitrogen and oxygen atoms in total. The number of carboxylic acids is 1. The topological polar surface area (TPSA) is 93.4 Å². The number of rotatable bonds is 6. The first-order chi connectivity index (χ1) is 12.5. The number of hydrogen-bond acceptors (Lipinski definition) is 4. The van der Waals surface area contributed by atoms with Gasteiger partial charge in [-0.3, -0.25) is 9.59 Å². The van der Waals surface area contributed by atoms with Gasteiger partial charge in [0, 0.05) is 25.0 Å². The second-order valence-electron chi connectivity index (χ2n) is 6.42. The van der Waals surface area contributed by atoms with Crippen molar-refractivity contribution in [1.82, 2.24) is 4.90 Å². The third-order valence-electron chi connectivity index (χ3n) is 4.79. The van der Waals surface area contributed by atoms with Crippen LogP contribution in [0.25, 0.3) is 0 Å². The van der Waals surface area contributed by atoms with E-state index in [4.69, 9.17) is 5.11 Å². The monoisotopic (exact) mass is 355 g/mol. The Morgan fingerprint density at radius 2 is 1.85 bits per heavy atom. The van der Waals surface area contributed by atoms with Crippen LogP contribution in [-0.4, -0.2) is 35.0 Å². The average Bonchev–Trinajstić information content (AvgIpc) is 2.66. The highest BCUT2D eigenvalue weighted by atomic mass is 16.4. The minimum Gasteiger partial charge on any atom is -0.481 e. The van der Waals surface area contributed by atoms with E-state index in [-0.39, 0.29) is 11.5 Å². The summed E-state index contributed by atoms with van der Waals surface area (Å²) in [7, 11) is 0. The molecule has 2 rings (SSSR count). The highest BCUT2D eigenvalue weighted by Crippen LogP contribution is 2.23. The molecule has 6 heteroatoms. The molecule has 1 aromatic carbocycles. The molecule has 1 aliphatic heterocycles. The Morgan fingerprint density at radius 1 is 1.27 bits per heavy atom. The Balaban J connectivity index is 2.13. The van der Waals surface area contributed by atoms with Crippen LogP contribution >= 0.6 is 0 Å². The van der Waals surface area contributed by atoms with Crippen molar-refractivity contribution in [3.05, 3.63) is 41.1 Å². The van der Waals surface area contributed by atoms with Crippen molar-refractivity contribution in [1.29, 1.82) is 5.26 Å². The second kappa shape index (κ2) is 9.04. The summed E-state index contributed by atoms with van der Waals surface area (Å²) in [5.41, 5.74) is 2.90. The molecule has 0 unspecified atom stereocenters. The molecule has 0 atom stereocenters. The fraction of sp³-hybridized carbons (Fsp3) is 0.450. The number of benzene rings is 1. The Labute approximate surface area is 154 Å². The van der Waals surface area contributed by atoms with Crippen LogP contribution in [0.3, 0.4) is 0 Å². The number of para-hydroxylation sites is 1. The maximum absolute atomic E-state index is 12.6. The first kappa shape index (κ1) is 19.5. The van der Waals surface area contributed by atoms with E-state index in [1.54, 1.807) is 6.20 Å². The van der Waals surface area contributed by atoms with E-state index in [0.29, 0.717) is 25.9 Å². The van der Waals surface area contributed by atoms with Crippen molar-refractivity contribution in [3.8, 4) is 6.07 Å². The Bertz CT molecular complexity index is 719. The number of nitrogens with zero attached hydrogens (tertiary/aromatic N) is 2. The van der Waals surface area contributed by atoms with Crippen LogP contribution in [0, 0.1) is 17.2 Å². The molecular weight excluding hydrogens is 330 g/mol. The Hall–Kier alpha value is -2.81. The number of aryl methyl sites for hydroxylation is 2. The third-order valence-corrected chi connectivity index (χ3v) is 4.79. The molecule has 1 saturated heterocycles. The molecule has 1 aromatic rings. The summed E-state index contributed by atoms with van der Waals surface area (Å²) in [6, 6.07) is 7.89. The Morgan fingerprint density at radius 3 is 2.31 bits per heavy atom. The summed E-state index contributed by atoms with van der Waals surface area (Å²) in [4.78, 5) is 25.5. The van der Waals surface area contributed by atoms with E-state index in [9.17, 15) is 14.9 Å². The largest absolute Gasteiger partial charge is 0.481 e. The summed E-state index contributed by atoms with van der Waals surface area (Å²) in [5.74, 6) is -1.55. The predicted molar refractivity (Wildman–Crippen MR) is 99.5 cm³/mol. The van der Waals surface area contributed by atoms with Gasteiger partial charge in [-0.15, -0.1) is 0 Å². The summed E-state index contributed by atoms with van der Waals surface area (Å²) in [5, 5.41) is 21.3. The van der Waals surface area contributed by atoms with E-state index >= 15 is 0 Å². The number of nitriles is 1. The highest BCUT2D eigenvalue weighted by Gasteiger charge is 2.24. The fourth-order valence-electron chi connectivity index (χ4n) is 3.18. The molecule has 2 N–H and O–H groups in total. The lowest BCUT2D eigenvalue weighted by atomic mass is 9.97. The first-order valence-corrected chi connectivity index (χ1v) is 9.01. The van der Waals surface area contributed by atoms with Gasteiger partial charge in [-0.1, -0.05) is 32.0 Å². The predicted octanol–water partition coefficient (Wildman–Crippen LogP) is 2.95. The number of aliphatic carboxylic acids is 1. The molecule has 26 heavy (non-hydrogen) atoms. The number of nitrogens with one attached hydrogen (secondary N) is 1. The molecule has 1 fully saturated rings. The van der Waals surface area contributed by atoms with Gasteiger partial charge in [-0.2, -0.15) is 5.26 Å². The van der Waals surface area contributed by atoms with Crippen molar-refractivity contribution in [2.75, 3.05) is 18.4 Å². The molecule has 0 aliphatic carbocycles. The third kappa shape index (κ3) is 4.63. The number of carbonyl (C=O) groups excluding carboxylic acids is 1. The second-order valence-corrected chi connectivity index (χ2v) is 6.42. The van der Waals surface area contributed by atoms with Gasteiger partial charge in [-0.25, -0.2) is 0 Å². The van der Waals surface area contributed by atoms with Gasteiger partial charge < -0.3 is 15.3 Å². The van der Waals surface area contributed by atoms with Crippen molar-refractivity contribution >= 4 is 17.6 Å². The van der Waals surface area contributed by atoms with Gasteiger partial charge in [0.25, 0.3) is 5.91 Å². The maximum Gasteiger partial charge on any atom is 0.306 e. The smallest absolute Gasteiger partial charge is 0.306 e. The van der Waals surface area contributed by atoms with Crippen molar-refractivity contribution in [3.63, 3.8) is 0 Å². The van der Waals surface area contributed by atoms with Crippen LogP contribution in [-0.2, 0) is 22.4 Å². The van der Waals surface area contributed by atoms with E-state index in [0.717, 1.165) is 29.7 Å². The number of amides is 1. The van der Waals surface area contributed by atoms with E-state index in [2.05, 4.69) is 5.32 Å². The van der Waals surface area contributed by atoms with Gasteiger partial charge in [0.05, 0.1) is 5.92 Å². The lowest BCUT2D eigenvalue weighted by Crippen LogP contribution is -2.33. The van der Waals surface area contributed by atoms with Crippen molar-refractivity contribution < 1.29 is 14.7 Å². The van der Waals surface area contributed by atoms with Crippen LogP contribution in [0.15, 0.2) is 30.0 Å². The summed E-state index contributed by atoms with van der Waals surface area (Å²) in [6.07, 6.45) is 4.17. The zero-order valence-corrected chi connectivity index (χ0v) is 15.3. The van der Waals surface area contributed by atoms with Crippen LogP contribution in [0.4, 0.5) is 5.69 Å². The number of likely N-dealkylation sites (tertiary alicyclic amines) is 1. The summed E-state index contributed by atoms with van der Waals surface area (Å²) < 4.78 is 0. The molecular formula is C20H25N3O3. The number of piperidine rings is 1. The van der Waals surface area contributed by atoms with E-state index in [1.165, 1.54) is 0 Å². The van der Waals surface area contributed by atoms with E-state index in [1.807, 2.05) is 43.0 Å². The van der Waals surface area contributed by atoms with E-state index < -0.39 is 11.9 Å². The molecule has 138 valence electrons. The standard InChI is InChI=1S/C20H25N3O3/c1-3-14-6-5-7-15(4-2)18(14)22-19(24)17(12-21)13-23-10-8-16(9-11-23)20(25)26/h5-7,13,16H,3-4,8-11H2,1-2H3,(H,22,24)(H,25,26)/b17-13-. The number of anilines is 1. The fourth-order valence-corrected chi connectivity index (χ4v) is 3.18. The molecule has 0 bridgehead atoms. The lowest BCUT2D eigenvalue weighted by Gasteiger charge is -2.29. The molecule has 0 spiro atoms.